The van der Waals surface area contributed by atoms with E-state index in [1.165, 1.54) is 27.1 Å². The Hall–Kier alpha value is 0.331. The van der Waals surface area contributed by atoms with Gasteiger partial charge in [-0.3, -0.25) is 0 Å². The summed E-state index contributed by atoms with van der Waals surface area (Å²) in [6.07, 6.45) is 4.57. The van der Waals surface area contributed by atoms with Gasteiger partial charge in [-0.05, 0) is 0 Å². The summed E-state index contributed by atoms with van der Waals surface area (Å²) in [6.45, 7) is 17.8. The van der Waals surface area contributed by atoms with E-state index in [2.05, 4.69) is 86.1 Å². The van der Waals surface area contributed by atoms with Crippen molar-refractivity contribution in [3.8, 4) is 0 Å². The first-order valence-corrected chi connectivity index (χ1v) is 12.0. The molecule has 0 bridgehead atoms. The van der Waals surface area contributed by atoms with Crippen molar-refractivity contribution in [2.75, 3.05) is 0 Å². The first-order valence-electron chi connectivity index (χ1n) is 7.80. The van der Waals surface area contributed by atoms with E-state index < -0.39 is 8.32 Å². The summed E-state index contributed by atoms with van der Waals surface area (Å²) in [5.41, 5.74) is 4.02. The van der Waals surface area contributed by atoms with Crippen molar-refractivity contribution in [3.63, 3.8) is 0 Å². The second-order valence-corrected chi connectivity index (χ2v) is 13.0. The van der Waals surface area contributed by atoms with Gasteiger partial charge in [-0.25, -0.2) is 0 Å². The molecule has 0 atom stereocenters. The monoisotopic (exact) mass is 410 g/mol. The summed E-state index contributed by atoms with van der Waals surface area (Å²) >= 11 is 2.21. The van der Waals surface area contributed by atoms with Crippen molar-refractivity contribution >= 4 is 8.32 Å². The Kier molecular flexibility index (Phi) is 10.8. The summed E-state index contributed by atoms with van der Waals surface area (Å²) in [5.74, 6) is 1.03. The molecule has 1 rings (SSSR count). The molecular weight excluding hydrogens is 381 g/mol. The van der Waals surface area contributed by atoms with E-state index in [9.17, 15) is 0 Å². The molecule has 2 nitrogen and oxygen atoms in total. The van der Waals surface area contributed by atoms with E-state index in [-0.39, 0.29) is 30.4 Å². The van der Waals surface area contributed by atoms with Crippen molar-refractivity contribution < 1.29 is 49.7 Å². The topological polar surface area (TPSA) is 21.3 Å². The molecule has 0 fully saturated rings. The Bertz CT molecular complexity index is 500. The third-order valence-corrected chi connectivity index (χ3v) is 4.69. The number of rotatable bonds is 5. The van der Waals surface area contributed by atoms with E-state index in [1.54, 1.807) is 0 Å². The van der Waals surface area contributed by atoms with Gasteiger partial charge in [0.15, 0.2) is 0 Å². The van der Waals surface area contributed by atoms with Gasteiger partial charge in [0, 0.05) is 0 Å². The van der Waals surface area contributed by atoms with Crippen molar-refractivity contribution in [2.24, 2.45) is 0 Å². The zero-order chi connectivity index (χ0) is 16.4. The fourth-order valence-electron chi connectivity index (χ4n) is 2.29. The van der Waals surface area contributed by atoms with Crippen LogP contribution in [0.2, 0.25) is 19.6 Å². The van der Waals surface area contributed by atoms with Gasteiger partial charge in [0.2, 0.25) is 0 Å². The molecule has 0 aromatic rings. The Balaban J connectivity index is 0. The predicted molar refractivity (Wildman–Crippen MR) is 90.0 cm³/mol. The predicted octanol–water partition coefficient (Wildman–Crippen LogP) is -0.993. The molecule has 0 heterocycles. The summed E-state index contributed by atoms with van der Waals surface area (Å²) in [7, 11) is -1.62. The molecule has 0 aromatic carbocycles. The maximum Gasteiger partial charge on any atom is -1.00 e. The summed E-state index contributed by atoms with van der Waals surface area (Å²) in [5, 5.41) is 3.64. The van der Waals surface area contributed by atoms with Crippen LogP contribution in [0, 0.1) is 0 Å². The molecule has 1 aliphatic carbocycles. The molecule has 0 radical (unpaired) electrons. The zero-order valence-electron chi connectivity index (χ0n) is 15.7. The number of allylic oxidation sites excluding steroid dienone is 4. The third-order valence-electron chi connectivity index (χ3n) is 3.04. The van der Waals surface area contributed by atoms with Gasteiger partial charge >= 0.3 is 144 Å². The number of halogens is 2. The molecule has 23 heavy (non-hydrogen) atoms. The fourth-order valence-corrected chi connectivity index (χ4v) is 3.85. The molecule has 0 saturated heterocycles. The largest absolute Gasteiger partial charge is 1.00 e. The van der Waals surface area contributed by atoms with E-state index in [1.807, 2.05) is 0 Å². The smallest absolute Gasteiger partial charge is 1.00 e. The van der Waals surface area contributed by atoms with Crippen molar-refractivity contribution in [1.82, 2.24) is 5.32 Å². The van der Waals surface area contributed by atoms with Gasteiger partial charge in [0.05, 0.1) is 0 Å². The van der Waals surface area contributed by atoms with Crippen molar-refractivity contribution in [3.05, 3.63) is 32.6 Å². The third kappa shape index (κ3) is 8.31. The average molecular weight is 411 g/mol. The molecule has 0 aliphatic heterocycles. The molecule has 0 spiro atoms. The van der Waals surface area contributed by atoms with Crippen LogP contribution in [0.15, 0.2) is 32.6 Å². The maximum absolute atomic E-state index is 6.33. The van der Waals surface area contributed by atoms with Crippen LogP contribution >= 0.6 is 0 Å². The van der Waals surface area contributed by atoms with Gasteiger partial charge in [-0.2, -0.15) is 0 Å². The van der Waals surface area contributed by atoms with E-state index in [0.717, 1.165) is 12.2 Å². The molecule has 1 N–H and O–H groups in total. The first kappa shape index (κ1) is 25.6. The van der Waals surface area contributed by atoms with E-state index in [4.69, 9.17) is 4.43 Å². The van der Waals surface area contributed by atoms with Crippen LogP contribution in [-0.4, -0.2) is 13.9 Å². The molecule has 131 valence electrons. The van der Waals surface area contributed by atoms with Crippen LogP contribution in [0.5, 0.6) is 0 Å². The van der Waals surface area contributed by atoms with Crippen LogP contribution in [0.4, 0.5) is 0 Å². The number of hydrogen-bond donors (Lipinski definition) is 1. The summed E-state index contributed by atoms with van der Waals surface area (Å²) in [6, 6.07) is 0. The Labute approximate surface area is 168 Å². The minimum atomic E-state index is -1.62. The van der Waals surface area contributed by atoms with Gasteiger partial charge < -0.3 is 24.8 Å². The maximum atomic E-state index is 6.33. The Morgan fingerprint density at radius 1 is 1.22 bits per heavy atom. The van der Waals surface area contributed by atoms with Gasteiger partial charge in [0.25, 0.3) is 0 Å². The Morgan fingerprint density at radius 2 is 1.74 bits per heavy atom. The standard InChI is InChI=1S/C17H30NOSi.2ClH.Ti/c1-9-10-13(2)14-11-15(18-17(3,4)5)16(12-14)19-20(6,7)8;;;/h12,18H,9-10H2,1-8H3;2*1H;/q;;;+2/p-2. The molecule has 1 aliphatic rings. The summed E-state index contributed by atoms with van der Waals surface area (Å²) in [4.78, 5) is 0. The SMILES string of the molecule is CCCC(C)=C1C=C(O[Si](C)(C)C)C(NC(C)(C)C)=[C]1[Ti+2].[Cl-].[Cl-]. The van der Waals surface area contributed by atoms with Crippen LogP contribution < -0.4 is 30.1 Å². The molecule has 0 unspecified atom stereocenters. The van der Waals surface area contributed by atoms with Crippen molar-refractivity contribution in [1.29, 1.82) is 0 Å². The minimum absolute atomic E-state index is 0. The van der Waals surface area contributed by atoms with Crippen LogP contribution in [0.1, 0.15) is 47.5 Å². The number of hydrogen-bond acceptors (Lipinski definition) is 2. The molecule has 0 saturated carbocycles. The minimum Gasteiger partial charge on any atom is -1.00 e. The van der Waals surface area contributed by atoms with Crippen LogP contribution in [0.3, 0.4) is 0 Å². The molecule has 6 heteroatoms. The van der Waals surface area contributed by atoms with Gasteiger partial charge in [-0.15, -0.1) is 0 Å². The second-order valence-electron chi connectivity index (χ2n) is 7.79. The Morgan fingerprint density at radius 3 is 2.13 bits per heavy atom. The van der Waals surface area contributed by atoms with Crippen LogP contribution in [-0.2, 0) is 24.9 Å². The second kappa shape index (κ2) is 9.72. The van der Waals surface area contributed by atoms with Crippen molar-refractivity contribution in [2.45, 2.75) is 72.6 Å². The normalized spacial score (nSPS) is 17.2. The molecule has 0 aromatic heterocycles. The van der Waals surface area contributed by atoms with E-state index in [0.29, 0.717) is 0 Å². The van der Waals surface area contributed by atoms with E-state index >= 15 is 0 Å². The number of nitrogens with one attached hydrogen (secondary N) is 1. The zero-order valence-corrected chi connectivity index (χ0v) is 19.7. The average Bonchev–Trinajstić information content (AvgIpc) is 2.54. The first-order chi connectivity index (χ1) is 9.44. The molecule has 0 amide bonds. The van der Waals surface area contributed by atoms with Crippen LogP contribution in [0.25, 0.3) is 0 Å². The molecular formula is C17H30Cl2NOSiTi. The van der Waals surface area contributed by atoms with Gasteiger partial charge in [-0.1, -0.05) is 0 Å². The quantitative estimate of drug-likeness (QED) is 0.587. The fraction of sp³-hybridized carbons (Fsp3) is 0.647. The summed E-state index contributed by atoms with van der Waals surface area (Å²) < 4.78 is 7.65. The van der Waals surface area contributed by atoms with Gasteiger partial charge in [0.1, 0.15) is 0 Å².